The molecular weight excluding hydrogens is 389 g/mol. The van der Waals surface area contributed by atoms with Crippen LogP contribution in [0.2, 0.25) is 0 Å². The van der Waals surface area contributed by atoms with Crippen LogP contribution in [0.3, 0.4) is 0 Å². The monoisotopic (exact) mass is 397 g/mol. The molecule has 0 saturated heterocycles. The fraction of sp³-hybridized carbons (Fsp3) is 0.0714. The minimum Gasteiger partial charge on any atom is -0.369 e. The van der Waals surface area contributed by atoms with Crippen LogP contribution in [-0.4, -0.2) is 9.55 Å². The van der Waals surface area contributed by atoms with Crippen LogP contribution in [0.5, 0.6) is 0 Å². The Balaban J connectivity index is 2.35. The summed E-state index contributed by atoms with van der Waals surface area (Å²) < 4.78 is 16.7. The van der Waals surface area contributed by atoms with E-state index in [4.69, 9.17) is 5.73 Å². The van der Waals surface area contributed by atoms with Crippen LogP contribution in [0.25, 0.3) is 16.7 Å². The second-order valence-corrected chi connectivity index (χ2v) is 6.22. The molecule has 0 spiro atoms. The van der Waals surface area contributed by atoms with Gasteiger partial charge in [-0.05, 0) is 62.5 Å². The Morgan fingerprint density at radius 1 is 1.15 bits per heavy atom. The molecule has 2 N–H and O–H groups in total. The van der Waals surface area contributed by atoms with Gasteiger partial charge in [-0.15, -0.1) is 0 Å². The number of halogens is 3. The zero-order valence-corrected chi connectivity index (χ0v) is 13.7. The first-order valence-corrected chi connectivity index (χ1v) is 7.45. The molecule has 0 aliphatic rings. The third-order valence-corrected chi connectivity index (χ3v) is 4.31. The Kier molecular flexibility index (Phi) is 3.30. The fourth-order valence-electron chi connectivity index (χ4n) is 2.14. The van der Waals surface area contributed by atoms with Crippen molar-refractivity contribution in [1.29, 1.82) is 0 Å². The molecule has 1 aromatic heterocycles. The van der Waals surface area contributed by atoms with E-state index in [2.05, 4.69) is 36.8 Å². The molecule has 3 aromatic rings. The van der Waals surface area contributed by atoms with Crippen molar-refractivity contribution in [3.63, 3.8) is 0 Å². The first-order chi connectivity index (χ1) is 9.47. The molecule has 102 valence electrons. The average Bonchev–Trinajstić information content (AvgIpc) is 2.66. The fourth-order valence-corrected chi connectivity index (χ4v) is 3.14. The molecular formula is C14H10Br2FN3. The lowest BCUT2D eigenvalue weighted by atomic mass is 10.2. The van der Waals surface area contributed by atoms with Gasteiger partial charge in [0.05, 0.1) is 21.2 Å². The Hall–Kier alpha value is -1.40. The van der Waals surface area contributed by atoms with Crippen molar-refractivity contribution in [2.75, 3.05) is 5.73 Å². The molecule has 1 heterocycles. The summed E-state index contributed by atoms with van der Waals surface area (Å²) in [5.41, 5.74) is 9.26. The van der Waals surface area contributed by atoms with Crippen molar-refractivity contribution in [1.82, 2.24) is 9.55 Å². The van der Waals surface area contributed by atoms with Gasteiger partial charge in [0.15, 0.2) is 0 Å². The number of anilines is 1. The summed E-state index contributed by atoms with van der Waals surface area (Å²) in [6.45, 7) is 2.01. The Bertz CT molecular complexity index is 827. The van der Waals surface area contributed by atoms with Crippen molar-refractivity contribution < 1.29 is 4.39 Å². The van der Waals surface area contributed by atoms with Gasteiger partial charge in [0.25, 0.3) is 0 Å². The molecule has 0 unspecified atom stereocenters. The first kappa shape index (κ1) is 13.6. The van der Waals surface area contributed by atoms with Gasteiger partial charge < -0.3 is 5.73 Å². The van der Waals surface area contributed by atoms with E-state index in [1.807, 2.05) is 25.1 Å². The molecule has 0 atom stereocenters. The van der Waals surface area contributed by atoms with Crippen LogP contribution >= 0.6 is 31.9 Å². The van der Waals surface area contributed by atoms with E-state index >= 15 is 0 Å². The van der Waals surface area contributed by atoms with Crippen molar-refractivity contribution in [3.8, 4) is 5.69 Å². The van der Waals surface area contributed by atoms with Crippen LogP contribution in [0.1, 0.15) is 5.56 Å². The van der Waals surface area contributed by atoms with Gasteiger partial charge in [-0.1, -0.05) is 6.07 Å². The Morgan fingerprint density at radius 3 is 2.60 bits per heavy atom. The smallest absolute Gasteiger partial charge is 0.205 e. The molecule has 0 amide bonds. The number of hydrogen-bond donors (Lipinski definition) is 1. The van der Waals surface area contributed by atoms with Crippen molar-refractivity contribution in [2.45, 2.75) is 6.92 Å². The topological polar surface area (TPSA) is 43.8 Å². The maximum absolute atomic E-state index is 13.6. The van der Waals surface area contributed by atoms with Gasteiger partial charge in [0, 0.05) is 10.5 Å². The first-order valence-electron chi connectivity index (χ1n) is 5.87. The number of hydrogen-bond acceptors (Lipinski definition) is 2. The van der Waals surface area contributed by atoms with E-state index in [1.165, 1.54) is 6.07 Å². The van der Waals surface area contributed by atoms with Gasteiger partial charge in [-0.25, -0.2) is 9.37 Å². The zero-order valence-electron chi connectivity index (χ0n) is 10.5. The minimum atomic E-state index is -0.356. The summed E-state index contributed by atoms with van der Waals surface area (Å²) in [5, 5.41) is 0. The maximum atomic E-state index is 13.6. The number of nitrogen functional groups attached to an aromatic ring is 1. The molecule has 6 heteroatoms. The number of nitrogens with two attached hydrogens (primary N) is 1. The number of benzene rings is 2. The van der Waals surface area contributed by atoms with E-state index < -0.39 is 0 Å². The molecule has 0 aliphatic carbocycles. The highest BCUT2D eigenvalue weighted by Gasteiger charge is 2.14. The minimum absolute atomic E-state index is 0.321. The summed E-state index contributed by atoms with van der Waals surface area (Å²) in [5.74, 6) is -0.0350. The molecule has 0 aliphatic heterocycles. The predicted molar refractivity (Wildman–Crippen MR) is 85.6 cm³/mol. The normalized spacial score (nSPS) is 11.2. The van der Waals surface area contributed by atoms with Crippen molar-refractivity contribution in [3.05, 3.63) is 50.7 Å². The van der Waals surface area contributed by atoms with E-state index in [0.29, 0.717) is 15.9 Å². The number of aryl methyl sites for hydroxylation is 1. The molecule has 0 bridgehead atoms. The molecule has 0 fully saturated rings. The summed E-state index contributed by atoms with van der Waals surface area (Å²) >= 11 is 6.73. The second-order valence-electron chi connectivity index (χ2n) is 4.52. The van der Waals surface area contributed by atoms with Crippen LogP contribution in [0, 0.1) is 12.7 Å². The van der Waals surface area contributed by atoms with Gasteiger partial charge >= 0.3 is 0 Å². The highest BCUT2D eigenvalue weighted by molar-refractivity contribution is 9.10. The number of aromatic nitrogens is 2. The van der Waals surface area contributed by atoms with Gasteiger partial charge in [0.2, 0.25) is 5.95 Å². The van der Waals surface area contributed by atoms with Crippen LogP contribution in [0.15, 0.2) is 39.3 Å². The quantitative estimate of drug-likeness (QED) is 0.651. The van der Waals surface area contributed by atoms with Crippen molar-refractivity contribution >= 4 is 48.8 Å². The average molecular weight is 399 g/mol. The number of fused-ring (bicyclic) bond motifs is 1. The predicted octanol–water partition coefficient (Wildman–Crippen LogP) is 4.58. The standard InChI is InChI=1S/C14H10Br2FN3/c1-7-2-3-12(9(16)4-7)20-13-5-8(15)10(17)6-11(13)19-14(20)18/h2-6H,1H3,(H2,18,19). The van der Waals surface area contributed by atoms with E-state index in [0.717, 1.165) is 21.2 Å². The Labute approximate surface area is 131 Å². The number of rotatable bonds is 1. The maximum Gasteiger partial charge on any atom is 0.205 e. The van der Waals surface area contributed by atoms with Gasteiger partial charge in [-0.3, -0.25) is 4.57 Å². The third kappa shape index (κ3) is 2.13. The largest absolute Gasteiger partial charge is 0.369 e. The van der Waals surface area contributed by atoms with Crippen LogP contribution in [-0.2, 0) is 0 Å². The number of imidazole rings is 1. The summed E-state index contributed by atoms with van der Waals surface area (Å²) in [4.78, 5) is 4.21. The third-order valence-electron chi connectivity index (χ3n) is 3.07. The summed E-state index contributed by atoms with van der Waals surface area (Å²) in [6.07, 6.45) is 0. The van der Waals surface area contributed by atoms with E-state index in [9.17, 15) is 4.39 Å². The molecule has 0 saturated carbocycles. The zero-order chi connectivity index (χ0) is 14.4. The second kappa shape index (κ2) is 4.86. The lowest BCUT2D eigenvalue weighted by Crippen LogP contribution is -2.01. The lowest BCUT2D eigenvalue weighted by molar-refractivity contribution is 0.623. The van der Waals surface area contributed by atoms with Gasteiger partial charge in [0.1, 0.15) is 5.82 Å². The highest BCUT2D eigenvalue weighted by atomic mass is 79.9. The highest BCUT2D eigenvalue weighted by Crippen LogP contribution is 2.31. The van der Waals surface area contributed by atoms with Crippen LogP contribution in [0.4, 0.5) is 10.3 Å². The summed E-state index contributed by atoms with van der Waals surface area (Å²) in [6, 6.07) is 8.99. The van der Waals surface area contributed by atoms with E-state index in [1.54, 1.807) is 10.6 Å². The molecule has 3 nitrogen and oxygen atoms in total. The molecule has 20 heavy (non-hydrogen) atoms. The van der Waals surface area contributed by atoms with Crippen molar-refractivity contribution in [2.24, 2.45) is 0 Å². The Morgan fingerprint density at radius 2 is 1.90 bits per heavy atom. The molecule has 3 rings (SSSR count). The van der Waals surface area contributed by atoms with E-state index in [-0.39, 0.29) is 5.82 Å². The lowest BCUT2D eigenvalue weighted by Gasteiger charge is -2.10. The molecule has 0 radical (unpaired) electrons. The van der Waals surface area contributed by atoms with Gasteiger partial charge in [-0.2, -0.15) is 0 Å². The number of nitrogens with zero attached hydrogens (tertiary/aromatic N) is 2. The van der Waals surface area contributed by atoms with Crippen LogP contribution < -0.4 is 5.73 Å². The SMILES string of the molecule is Cc1ccc(-n2c(N)nc3cc(F)c(Br)cc32)c(Br)c1. The summed E-state index contributed by atoms with van der Waals surface area (Å²) in [7, 11) is 0. The molecule has 2 aromatic carbocycles.